The Morgan fingerprint density at radius 1 is 1.21 bits per heavy atom. The number of aromatic nitrogens is 4. The molecule has 4 rings (SSSR count). The topological polar surface area (TPSA) is 94.3 Å². The van der Waals surface area contributed by atoms with Gasteiger partial charge < -0.3 is 10.1 Å². The van der Waals surface area contributed by atoms with Crippen LogP contribution >= 0.6 is 0 Å². The number of morpholine rings is 1. The van der Waals surface area contributed by atoms with E-state index in [-0.39, 0.29) is 18.0 Å². The number of amides is 1. The highest BCUT2D eigenvalue weighted by Crippen LogP contribution is 2.12. The number of carbonyl (C=O) groups excluding carboxylic acids is 1. The van der Waals surface area contributed by atoms with Crippen molar-refractivity contribution in [3.63, 3.8) is 0 Å². The third-order valence-electron chi connectivity index (χ3n) is 4.78. The molecule has 3 aromatic rings. The van der Waals surface area contributed by atoms with Gasteiger partial charge in [0.1, 0.15) is 18.3 Å². The summed E-state index contributed by atoms with van der Waals surface area (Å²) in [5.41, 5.74) is 2.09. The molecule has 0 aliphatic carbocycles. The fourth-order valence-corrected chi connectivity index (χ4v) is 3.25. The van der Waals surface area contributed by atoms with Crippen molar-refractivity contribution in [3.8, 4) is 0 Å². The van der Waals surface area contributed by atoms with Gasteiger partial charge in [-0.05, 0) is 17.7 Å². The minimum absolute atomic E-state index is 0.105. The van der Waals surface area contributed by atoms with Crippen molar-refractivity contribution >= 4 is 22.6 Å². The van der Waals surface area contributed by atoms with Crippen LogP contribution in [0.4, 0.5) is 5.69 Å². The van der Waals surface area contributed by atoms with Gasteiger partial charge in [0.25, 0.3) is 5.56 Å². The Hall–Kier alpha value is -3.04. The van der Waals surface area contributed by atoms with Crippen molar-refractivity contribution in [3.05, 3.63) is 52.7 Å². The van der Waals surface area contributed by atoms with E-state index in [9.17, 15) is 9.59 Å². The van der Waals surface area contributed by atoms with E-state index < -0.39 is 0 Å². The Bertz CT molecular complexity index is 1030. The fraction of sp³-hybridized carbons (Fsp3) is 0.368. The fourth-order valence-electron chi connectivity index (χ4n) is 3.25. The molecule has 2 aromatic heterocycles. The summed E-state index contributed by atoms with van der Waals surface area (Å²) in [5.74, 6) is -0.284. The molecule has 9 heteroatoms. The minimum Gasteiger partial charge on any atom is -0.379 e. The molecule has 0 radical (unpaired) electrons. The van der Waals surface area contributed by atoms with Crippen LogP contribution in [0.3, 0.4) is 0 Å². The maximum atomic E-state index is 12.4. The maximum Gasteiger partial charge on any atom is 0.264 e. The zero-order chi connectivity index (χ0) is 19.5. The normalized spacial score (nSPS) is 15.0. The first kappa shape index (κ1) is 18.3. The van der Waals surface area contributed by atoms with Gasteiger partial charge in [0.2, 0.25) is 5.91 Å². The Morgan fingerprint density at radius 3 is 2.71 bits per heavy atom. The van der Waals surface area contributed by atoms with E-state index in [0.717, 1.165) is 32.8 Å². The number of ether oxygens (including phenoxy) is 1. The lowest BCUT2D eigenvalue weighted by molar-refractivity contribution is -0.116. The van der Waals surface area contributed by atoms with Gasteiger partial charge >= 0.3 is 0 Å². The summed E-state index contributed by atoms with van der Waals surface area (Å²) in [6.07, 6.45) is 2.84. The monoisotopic (exact) mass is 382 g/mol. The Balaban J connectivity index is 1.38. The van der Waals surface area contributed by atoms with Gasteiger partial charge in [0.05, 0.1) is 19.4 Å². The molecule has 1 aromatic carbocycles. The van der Waals surface area contributed by atoms with Crippen LogP contribution in [0.15, 0.2) is 41.6 Å². The predicted molar refractivity (Wildman–Crippen MR) is 104 cm³/mol. The number of hydrogen-bond donors (Lipinski definition) is 1. The molecule has 1 fully saturated rings. The zero-order valence-corrected chi connectivity index (χ0v) is 15.7. The first-order valence-corrected chi connectivity index (χ1v) is 9.16. The average molecular weight is 382 g/mol. The summed E-state index contributed by atoms with van der Waals surface area (Å²) in [7, 11) is 1.72. The zero-order valence-electron chi connectivity index (χ0n) is 15.7. The standard InChI is InChI=1S/C19H22N6O3/c1-23-18-16(10-21-23)19(27)25(13-20-18)12-17(26)22-15-4-2-14(3-5-15)11-24-6-8-28-9-7-24/h2-5,10,13H,6-9,11-12H2,1H3,(H,22,26). The maximum absolute atomic E-state index is 12.4. The summed E-state index contributed by atoms with van der Waals surface area (Å²) in [4.78, 5) is 31.3. The lowest BCUT2D eigenvalue weighted by Gasteiger charge is -2.26. The summed E-state index contributed by atoms with van der Waals surface area (Å²) >= 11 is 0. The van der Waals surface area contributed by atoms with Crippen molar-refractivity contribution in [1.82, 2.24) is 24.2 Å². The Labute approximate surface area is 161 Å². The van der Waals surface area contributed by atoms with Gasteiger partial charge in [-0.2, -0.15) is 5.10 Å². The molecule has 0 atom stereocenters. The third-order valence-corrected chi connectivity index (χ3v) is 4.78. The number of rotatable bonds is 5. The molecule has 9 nitrogen and oxygen atoms in total. The van der Waals surface area contributed by atoms with E-state index in [2.05, 4.69) is 20.3 Å². The van der Waals surface area contributed by atoms with E-state index in [4.69, 9.17) is 4.74 Å². The van der Waals surface area contributed by atoms with Gasteiger partial charge in [-0.25, -0.2) is 4.98 Å². The lowest BCUT2D eigenvalue weighted by atomic mass is 10.2. The van der Waals surface area contributed by atoms with Gasteiger partial charge in [-0.3, -0.25) is 23.7 Å². The van der Waals surface area contributed by atoms with Crippen LogP contribution in [0.25, 0.3) is 11.0 Å². The molecule has 0 spiro atoms. The number of nitrogens with zero attached hydrogens (tertiary/aromatic N) is 5. The van der Waals surface area contributed by atoms with Crippen molar-refractivity contribution in [2.24, 2.45) is 7.05 Å². The van der Waals surface area contributed by atoms with Crippen LogP contribution in [0, 0.1) is 0 Å². The lowest BCUT2D eigenvalue weighted by Crippen LogP contribution is -2.35. The van der Waals surface area contributed by atoms with Crippen LogP contribution in [-0.4, -0.2) is 56.4 Å². The number of aryl methyl sites for hydroxylation is 1. The van der Waals surface area contributed by atoms with Crippen molar-refractivity contribution in [1.29, 1.82) is 0 Å². The average Bonchev–Trinajstić information content (AvgIpc) is 3.08. The molecule has 0 unspecified atom stereocenters. The van der Waals surface area contributed by atoms with Crippen LogP contribution in [0.1, 0.15) is 5.56 Å². The van der Waals surface area contributed by atoms with Gasteiger partial charge in [0.15, 0.2) is 5.65 Å². The quantitative estimate of drug-likeness (QED) is 0.695. The van der Waals surface area contributed by atoms with Crippen LogP contribution in [0.2, 0.25) is 0 Å². The van der Waals surface area contributed by atoms with Gasteiger partial charge in [-0.15, -0.1) is 0 Å². The molecule has 146 valence electrons. The number of fused-ring (bicyclic) bond motifs is 1. The molecule has 3 heterocycles. The highest BCUT2D eigenvalue weighted by atomic mass is 16.5. The molecule has 28 heavy (non-hydrogen) atoms. The SMILES string of the molecule is Cn1ncc2c(=O)n(CC(=O)Nc3ccc(CN4CCOCC4)cc3)cnc21. The molecule has 1 amide bonds. The second-order valence-corrected chi connectivity index (χ2v) is 6.82. The molecule has 0 saturated carbocycles. The molecule has 1 aliphatic heterocycles. The summed E-state index contributed by atoms with van der Waals surface area (Å²) in [6, 6.07) is 7.75. The molecule has 0 bridgehead atoms. The van der Waals surface area contributed by atoms with Crippen molar-refractivity contribution in [2.45, 2.75) is 13.1 Å². The number of hydrogen-bond acceptors (Lipinski definition) is 6. The van der Waals surface area contributed by atoms with E-state index >= 15 is 0 Å². The summed E-state index contributed by atoms with van der Waals surface area (Å²) in [5, 5.41) is 7.24. The first-order valence-electron chi connectivity index (χ1n) is 9.16. The molecule has 1 N–H and O–H groups in total. The van der Waals surface area contributed by atoms with E-state index in [1.165, 1.54) is 27.3 Å². The van der Waals surface area contributed by atoms with Gasteiger partial charge in [0, 0.05) is 32.4 Å². The highest BCUT2D eigenvalue weighted by molar-refractivity contribution is 5.90. The minimum atomic E-state index is -0.284. The van der Waals surface area contributed by atoms with Crippen LogP contribution in [0.5, 0.6) is 0 Å². The van der Waals surface area contributed by atoms with E-state index in [0.29, 0.717) is 16.7 Å². The highest BCUT2D eigenvalue weighted by Gasteiger charge is 2.12. The summed E-state index contributed by atoms with van der Waals surface area (Å²) < 4.78 is 8.17. The van der Waals surface area contributed by atoms with E-state index in [1.807, 2.05) is 24.3 Å². The number of benzene rings is 1. The van der Waals surface area contributed by atoms with E-state index in [1.54, 1.807) is 7.05 Å². The summed E-state index contributed by atoms with van der Waals surface area (Å²) in [6.45, 7) is 4.17. The smallest absolute Gasteiger partial charge is 0.264 e. The largest absolute Gasteiger partial charge is 0.379 e. The molecule has 1 aliphatic rings. The number of nitrogens with one attached hydrogen (secondary N) is 1. The van der Waals surface area contributed by atoms with Crippen LogP contribution in [-0.2, 0) is 29.7 Å². The second kappa shape index (κ2) is 7.91. The molecule has 1 saturated heterocycles. The third kappa shape index (κ3) is 3.95. The van der Waals surface area contributed by atoms with Crippen molar-refractivity contribution in [2.75, 3.05) is 31.6 Å². The van der Waals surface area contributed by atoms with Gasteiger partial charge in [-0.1, -0.05) is 12.1 Å². The number of anilines is 1. The molecular weight excluding hydrogens is 360 g/mol. The van der Waals surface area contributed by atoms with Crippen LogP contribution < -0.4 is 10.9 Å². The second-order valence-electron chi connectivity index (χ2n) is 6.82. The predicted octanol–water partition coefficient (Wildman–Crippen LogP) is 0.601. The Kier molecular flexibility index (Phi) is 5.18. The van der Waals surface area contributed by atoms with Crippen molar-refractivity contribution < 1.29 is 9.53 Å². The number of carbonyl (C=O) groups is 1. The first-order chi connectivity index (χ1) is 13.6. The molecular formula is C19H22N6O3. The Morgan fingerprint density at radius 2 is 1.96 bits per heavy atom.